The van der Waals surface area contributed by atoms with Gasteiger partial charge in [0.2, 0.25) is 5.88 Å². The topological polar surface area (TPSA) is 37.2 Å². The minimum atomic E-state index is 0.600. The quantitative estimate of drug-likeness (QED) is 0.398. The minimum Gasteiger partial charge on any atom is -0.438 e. The third-order valence-electron chi connectivity index (χ3n) is 3.78. The molecule has 0 bridgehead atoms. The predicted octanol–water partition coefficient (Wildman–Crippen LogP) is 7.23. The Bertz CT molecular complexity index is 1030. The molecule has 1 heterocycles. The van der Waals surface area contributed by atoms with Crippen molar-refractivity contribution >= 4 is 57.1 Å². The second kappa shape index (κ2) is 6.71. The number of anilines is 4. The van der Waals surface area contributed by atoms with Gasteiger partial charge in [0, 0.05) is 32.9 Å². The lowest BCUT2D eigenvalue weighted by Gasteiger charge is -2.09. The Hall–Kier alpha value is -2.62. The summed E-state index contributed by atoms with van der Waals surface area (Å²) in [6.45, 7) is 0. The molecule has 3 aromatic carbocycles. The fourth-order valence-corrected chi connectivity index (χ4v) is 3.00. The molecule has 1 aromatic heterocycles. The molecule has 0 aliphatic carbocycles. The smallest absolute Gasteiger partial charge is 0.222 e. The number of hydrogen-bond acceptors (Lipinski definition) is 3. The number of halogens is 2. The maximum Gasteiger partial charge on any atom is 0.222 e. The van der Waals surface area contributed by atoms with Crippen LogP contribution in [0.4, 0.5) is 22.9 Å². The summed E-state index contributed by atoms with van der Waals surface area (Å²) in [5.74, 6) is 0.600. The molecule has 0 spiro atoms. The van der Waals surface area contributed by atoms with Crippen LogP contribution in [0.5, 0.6) is 0 Å². The highest BCUT2D eigenvalue weighted by Crippen LogP contribution is 2.39. The maximum absolute atomic E-state index is 6.10. The highest BCUT2D eigenvalue weighted by molar-refractivity contribution is 6.31. The van der Waals surface area contributed by atoms with Gasteiger partial charge in [-0.25, -0.2) is 0 Å². The second-order valence-corrected chi connectivity index (χ2v) is 6.45. The van der Waals surface area contributed by atoms with Crippen molar-refractivity contribution in [2.45, 2.75) is 0 Å². The molecule has 3 nitrogen and oxygen atoms in total. The summed E-state index contributed by atoms with van der Waals surface area (Å²) < 4.78 is 5.99. The first kappa shape index (κ1) is 15.9. The van der Waals surface area contributed by atoms with Gasteiger partial charge in [0.25, 0.3) is 0 Å². The SMILES string of the molecule is Clc1cccc(Nc2oc3cc(Cl)ccc3c2Nc2ccccc2)c1. The molecule has 4 rings (SSSR count). The maximum atomic E-state index is 6.10. The first-order chi connectivity index (χ1) is 12.2. The van der Waals surface area contributed by atoms with Gasteiger partial charge in [-0.2, -0.15) is 0 Å². The van der Waals surface area contributed by atoms with Crippen LogP contribution in [0.1, 0.15) is 0 Å². The van der Waals surface area contributed by atoms with E-state index < -0.39 is 0 Å². The molecular formula is C20H14Cl2N2O. The van der Waals surface area contributed by atoms with Crippen LogP contribution in [-0.4, -0.2) is 0 Å². The molecule has 0 atom stereocenters. The van der Waals surface area contributed by atoms with Gasteiger partial charge >= 0.3 is 0 Å². The molecule has 0 unspecified atom stereocenters. The molecule has 0 fully saturated rings. The van der Waals surface area contributed by atoms with Gasteiger partial charge in [-0.15, -0.1) is 0 Å². The lowest BCUT2D eigenvalue weighted by molar-refractivity contribution is 0.635. The zero-order chi connectivity index (χ0) is 17.2. The molecule has 0 aliphatic rings. The predicted molar refractivity (Wildman–Crippen MR) is 106 cm³/mol. The van der Waals surface area contributed by atoms with Crippen molar-refractivity contribution in [2.75, 3.05) is 10.6 Å². The molecular weight excluding hydrogens is 355 g/mol. The van der Waals surface area contributed by atoms with E-state index in [1.54, 1.807) is 6.07 Å². The van der Waals surface area contributed by atoms with Crippen molar-refractivity contribution in [2.24, 2.45) is 0 Å². The van der Waals surface area contributed by atoms with Crippen LogP contribution in [0.15, 0.2) is 77.2 Å². The van der Waals surface area contributed by atoms with Crippen molar-refractivity contribution in [3.8, 4) is 0 Å². The van der Waals surface area contributed by atoms with Gasteiger partial charge < -0.3 is 15.1 Å². The van der Waals surface area contributed by atoms with E-state index in [2.05, 4.69) is 10.6 Å². The van der Waals surface area contributed by atoms with Gasteiger partial charge in [0.05, 0.1) is 0 Å². The standard InChI is InChI=1S/C20H14Cl2N2O/c21-13-5-4-8-16(11-13)24-20-19(23-15-6-2-1-3-7-15)17-10-9-14(22)12-18(17)25-20/h1-12,23-24H. The van der Waals surface area contributed by atoms with Crippen molar-refractivity contribution < 1.29 is 4.42 Å². The summed E-state index contributed by atoms with van der Waals surface area (Å²) in [4.78, 5) is 0. The highest BCUT2D eigenvalue weighted by Gasteiger charge is 2.15. The molecule has 0 saturated heterocycles. The van der Waals surface area contributed by atoms with Gasteiger partial charge in [-0.3, -0.25) is 0 Å². The number of benzene rings is 3. The van der Waals surface area contributed by atoms with E-state index in [4.69, 9.17) is 27.6 Å². The molecule has 0 saturated carbocycles. The Labute approximate surface area is 155 Å². The summed E-state index contributed by atoms with van der Waals surface area (Å²) in [6.07, 6.45) is 0. The summed E-state index contributed by atoms with van der Waals surface area (Å²) in [6, 6.07) is 23.0. The Morgan fingerprint density at radius 1 is 0.680 bits per heavy atom. The van der Waals surface area contributed by atoms with Crippen molar-refractivity contribution in [3.63, 3.8) is 0 Å². The zero-order valence-electron chi connectivity index (χ0n) is 13.1. The molecule has 124 valence electrons. The summed E-state index contributed by atoms with van der Waals surface area (Å²) in [7, 11) is 0. The summed E-state index contributed by atoms with van der Waals surface area (Å²) in [5.41, 5.74) is 3.36. The third kappa shape index (κ3) is 3.43. The lowest BCUT2D eigenvalue weighted by atomic mass is 10.2. The number of rotatable bonds is 4. The normalized spacial score (nSPS) is 10.8. The Morgan fingerprint density at radius 3 is 2.24 bits per heavy atom. The van der Waals surface area contributed by atoms with Gasteiger partial charge in [0.15, 0.2) is 0 Å². The Kier molecular flexibility index (Phi) is 4.26. The van der Waals surface area contributed by atoms with Crippen LogP contribution >= 0.6 is 23.2 Å². The fraction of sp³-hybridized carbons (Fsp3) is 0. The van der Waals surface area contributed by atoms with E-state index >= 15 is 0 Å². The molecule has 25 heavy (non-hydrogen) atoms. The van der Waals surface area contributed by atoms with Gasteiger partial charge in [0.1, 0.15) is 11.3 Å². The second-order valence-electron chi connectivity index (χ2n) is 5.57. The molecule has 2 N–H and O–H groups in total. The number of para-hydroxylation sites is 1. The lowest BCUT2D eigenvalue weighted by Crippen LogP contribution is -1.95. The van der Waals surface area contributed by atoms with E-state index in [1.165, 1.54) is 0 Å². The van der Waals surface area contributed by atoms with Crippen LogP contribution in [0.2, 0.25) is 10.0 Å². The zero-order valence-corrected chi connectivity index (χ0v) is 14.6. The average molecular weight is 369 g/mol. The first-order valence-electron chi connectivity index (χ1n) is 7.76. The molecule has 0 radical (unpaired) electrons. The third-order valence-corrected chi connectivity index (χ3v) is 4.25. The van der Waals surface area contributed by atoms with E-state index in [9.17, 15) is 0 Å². The van der Waals surface area contributed by atoms with Crippen LogP contribution in [0.3, 0.4) is 0 Å². The Morgan fingerprint density at radius 2 is 1.44 bits per heavy atom. The van der Waals surface area contributed by atoms with Crippen molar-refractivity contribution in [1.82, 2.24) is 0 Å². The molecule has 0 aliphatic heterocycles. The fourth-order valence-electron chi connectivity index (χ4n) is 2.65. The van der Waals surface area contributed by atoms with Crippen molar-refractivity contribution in [3.05, 3.63) is 82.8 Å². The van der Waals surface area contributed by atoms with Crippen LogP contribution in [0.25, 0.3) is 11.0 Å². The summed E-state index contributed by atoms with van der Waals surface area (Å²) in [5, 5.41) is 8.93. The van der Waals surface area contributed by atoms with E-state index in [1.807, 2.05) is 66.7 Å². The van der Waals surface area contributed by atoms with E-state index in [0.717, 1.165) is 22.4 Å². The van der Waals surface area contributed by atoms with E-state index in [0.29, 0.717) is 21.5 Å². The van der Waals surface area contributed by atoms with Crippen molar-refractivity contribution in [1.29, 1.82) is 0 Å². The monoisotopic (exact) mass is 368 g/mol. The number of nitrogens with one attached hydrogen (secondary N) is 2. The average Bonchev–Trinajstić information content (AvgIpc) is 2.92. The highest BCUT2D eigenvalue weighted by atomic mass is 35.5. The summed E-state index contributed by atoms with van der Waals surface area (Å²) >= 11 is 12.2. The van der Waals surface area contributed by atoms with Crippen LogP contribution in [0, 0.1) is 0 Å². The number of fused-ring (bicyclic) bond motifs is 1. The minimum absolute atomic E-state index is 0.600. The van der Waals surface area contributed by atoms with Crippen LogP contribution in [-0.2, 0) is 0 Å². The van der Waals surface area contributed by atoms with Gasteiger partial charge in [-0.05, 0) is 42.5 Å². The van der Waals surface area contributed by atoms with Crippen LogP contribution < -0.4 is 10.6 Å². The number of hydrogen-bond donors (Lipinski definition) is 2. The van der Waals surface area contributed by atoms with Gasteiger partial charge in [-0.1, -0.05) is 47.5 Å². The number of furan rings is 1. The molecule has 4 aromatic rings. The van der Waals surface area contributed by atoms with E-state index in [-0.39, 0.29) is 0 Å². The molecule has 5 heteroatoms. The molecule has 0 amide bonds. The first-order valence-corrected chi connectivity index (χ1v) is 8.51. The Balaban J connectivity index is 1.80. The largest absolute Gasteiger partial charge is 0.438 e.